The third-order valence-corrected chi connectivity index (χ3v) is 4.28. The van der Waals surface area contributed by atoms with E-state index in [1.54, 1.807) is 16.9 Å². The van der Waals surface area contributed by atoms with Crippen LogP contribution in [-0.4, -0.2) is 21.7 Å². The van der Waals surface area contributed by atoms with Crippen LogP contribution in [0, 0.1) is 5.82 Å². The van der Waals surface area contributed by atoms with Crippen LogP contribution >= 0.6 is 11.6 Å². The molecular formula is C16H18ClFN4O. The fourth-order valence-electron chi connectivity index (χ4n) is 2.86. The van der Waals surface area contributed by atoms with Gasteiger partial charge in [0.1, 0.15) is 5.82 Å². The van der Waals surface area contributed by atoms with E-state index in [-0.39, 0.29) is 23.8 Å². The maximum absolute atomic E-state index is 13.8. The Hall–Kier alpha value is -1.92. The van der Waals surface area contributed by atoms with Crippen molar-refractivity contribution in [3.63, 3.8) is 0 Å². The molecule has 0 spiro atoms. The molecule has 1 aromatic carbocycles. The highest BCUT2D eigenvalue weighted by Crippen LogP contribution is 2.24. The summed E-state index contributed by atoms with van der Waals surface area (Å²) in [6.45, 7) is 0.351. The van der Waals surface area contributed by atoms with Gasteiger partial charge in [0.05, 0.1) is 12.2 Å². The molecule has 3 rings (SSSR count). The molecule has 0 saturated carbocycles. The average Bonchev–Trinajstić information content (AvgIpc) is 2.95. The summed E-state index contributed by atoms with van der Waals surface area (Å²) >= 11 is 5.92. The minimum Gasteiger partial charge on any atom is -0.348 e. The molecule has 2 N–H and O–H groups in total. The van der Waals surface area contributed by atoms with Crippen LogP contribution in [-0.2, 0) is 18.4 Å². The van der Waals surface area contributed by atoms with Gasteiger partial charge in [-0.15, -0.1) is 0 Å². The van der Waals surface area contributed by atoms with Crippen molar-refractivity contribution >= 4 is 17.5 Å². The van der Waals surface area contributed by atoms with Crippen LogP contribution in [0.25, 0.3) is 0 Å². The number of halogens is 2. The van der Waals surface area contributed by atoms with E-state index in [1.807, 2.05) is 13.2 Å². The largest absolute Gasteiger partial charge is 0.348 e. The Morgan fingerprint density at radius 2 is 2.35 bits per heavy atom. The second-order valence-corrected chi connectivity index (χ2v) is 6.19. The first-order valence-electron chi connectivity index (χ1n) is 7.48. The van der Waals surface area contributed by atoms with E-state index in [0.29, 0.717) is 30.0 Å². The average molecular weight is 337 g/mol. The van der Waals surface area contributed by atoms with Gasteiger partial charge < -0.3 is 10.6 Å². The van der Waals surface area contributed by atoms with Crippen LogP contribution in [0.3, 0.4) is 0 Å². The molecular weight excluding hydrogens is 319 g/mol. The van der Waals surface area contributed by atoms with E-state index < -0.39 is 0 Å². The summed E-state index contributed by atoms with van der Waals surface area (Å²) in [6, 6.07) is 4.34. The third kappa shape index (κ3) is 3.71. The molecule has 122 valence electrons. The molecule has 7 heteroatoms. The highest BCUT2D eigenvalue weighted by atomic mass is 35.5. The molecule has 2 aromatic rings. The molecule has 1 saturated heterocycles. The molecule has 1 amide bonds. The van der Waals surface area contributed by atoms with Crippen molar-refractivity contribution in [2.24, 2.45) is 7.05 Å². The van der Waals surface area contributed by atoms with Crippen molar-refractivity contribution < 1.29 is 9.18 Å². The fourth-order valence-corrected chi connectivity index (χ4v) is 3.05. The number of hydrogen-bond acceptors (Lipinski definition) is 3. The van der Waals surface area contributed by atoms with E-state index in [2.05, 4.69) is 15.7 Å². The topological polar surface area (TPSA) is 59.0 Å². The lowest BCUT2D eigenvalue weighted by molar-refractivity contribution is -0.123. The molecule has 23 heavy (non-hydrogen) atoms. The molecule has 1 aromatic heterocycles. The smallest absolute Gasteiger partial charge is 0.220 e. The SMILES string of the molecule is Cn1cc([C@@H]2NC(=O)CC[C@H]2NCc2cc(Cl)ccc2F)cn1. The predicted octanol–water partition coefficient (Wildman–Crippen LogP) is 2.32. The van der Waals surface area contributed by atoms with Gasteiger partial charge in [-0.3, -0.25) is 9.48 Å². The molecule has 1 aliphatic rings. The zero-order chi connectivity index (χ0) is 16.4. The molecule has 2 heterocycles. The third-order valence-electron chi connectivity index (χ3n) is 4.05. The highest BCUT2D eigenvalue weighted by Gasteiger charge is 2.30. The molecule has 0 radical (unpaired) electrons. The monoisotopic (exact) mass is 336 g/mol. The van der Waals surface area contributed by atoms with Crippen molar-refractivity contribution in [2.45, 2.75) is 31.5 Å². The number of carbonyl (C=O) groups is 1. The maximum atomic E-state index is 13.8. The molecule has 0 unspecified atom stereocenters. The summed E-state index contributed by atoms with van der Waals surface area (Å²) in [4.78, 5) is 11.7. The Balaban J connectivity index is 1.74. The number of nitrogens with zero attached hydrogens (tertiary/aromatic N) is 2. The summed E-state index contributed by atoms with van der Waals surface area (Å²) < 4.78 is 15.5. The number of piperidine rings is 1. The van der Waals surface area contributed by atoms with Gasteiger partial charge in [0, 0.05) is 48.4 Å². The van der Waals surface area contributed by atoms with Crippen LogP contribution in [0.5, 0.6) is 0 Å². The number of benzene rings is 1. The highest BCUT2D eigenvalue weighted by molar-refractivity contribution is 6.30. The normalized spacial score (nSPS) is 21.3. The van der Waals surface area contributed by atoms with E-state index >= 15 is 0 Å². The number of aromatic nitrogens is 2. The summed E-state index contributed by atoms with van der Waals surface area (Å²) in [5, 5.41) is 11.0. The van der Waals surface area contributed by atoms with E-state index in [0.717, 1.165) is 5.56 Å². The fraction of sp³-hybridized carbons (Fsp3) is 0.375. The van der Waals surface area contributed by atoms with E-state index in [9.17, 15) is 9.18 Å². The number of nitrogens with one attached hydrogen (secondary N) is 2. The number of aryl methyl sites for hydroxylation is 1. The minimum absolute atomic E-state index is 0.00952. The zero-order valence-electron chi connectivity index (χ0n) is 12.7. The second-order valence-electron chi connectivity index (χ2n) is 5.75. The van der Waals surface area contributed by atoms with Gasteiger partial charge in [-0.1, -0.05) is 11.6 Å². The zero-order valence-corrected chi connectivity index (χ0v) is 13.5. The first kappa shape index (κ1) is 16.0. The molecule has 1 fully saturated rings. The number of carbonyl (C=O) groups excluding carboxylic acids is 1. The summed E-state index contributed by atoms with van der Waals surface area (Å²) in [6.07, 6.45) is 4.76. The van der Waals surface area contributed by atoms with Crippen molar-refractivity contribution in [3.8, 4) is 0 Å². The Labute approximate surface area is 138 Å². The van der Waals surface area contributed by atoms with Gasteiger partial charge in [-0.05, 0) is 24.6 Å². The van der Waals surface area contributed by atoms with E-state index in [4.69, 9.17) is 11.6 Å². The Kier molecular flexibility index (Phi) is 4.63. The summed E-state index contributed by atoms with van der Waals surface area (Å²) in [5.74, 6) is -0.273. The van der Waals surface area contributed by atoms with Gasteiger partial charge in [0.25, 0.3) is 0 Å². The van der Waals surface area contributed by atoms with Crippen LogP contribution in [0.1, 0.15) is 30.0 Å². The lowest BCUT2D eigenvalue weighted by atomic mass is 9.93. The number of hydrogen-bond donors (Lipinski definition) is 2. The number of rotatable bonds is 4. The molecule has 1 aliphatic heterocycles. The van der Waals surface area contributed by atoms with Crippen LogP contribution < -0.4 is 10.6 Å². The Morgan fingerprint density at radius 3 is 3.09 bits per heavy atom. The quantitative estimate of drug-likeness (QED) is 0.901. The first-order chi connectivity index (χ1) is 11.0. The van der Waals surface area contributed by atoms with Crippen LogP contribution in [0.15, 0.2) is 30.6 Å². The lowest BCUT2D eigenvalue weighted by Gasteiger charge is -2.32. The molecule has 0 bridgehead atoms. The first-order valence-corrected chi connectivity index (χ1v) is 7.86. The minimum atomic E-state index is -0.292. The summed E-state index contributed by atoms with van der Waals surface area (Å²) in [7, 11) is 1.83. The predicted molar refractivity (Wildman–Crippen MR) is 85.4 cm³/mol. The standard InChI is InChI=1S/C16H18ClFN4O/c1-22-9-11(8-20-22)16-14(4-5-15(23)21-16)19-7-10-6-12(17)2-3-13(10)18/h2-3,6,8-9,14,16,19H,4-5,7H2,1H3,(H,21,23)/t14-,16+/m1/s1. The molecule has 0 aliphatic carbocycles. The van der Waals surface area contributed by atoms with Gasteiger partial charge >= 0.3 is 0 Å². The van der Waals surface area contributed by atoms with Crippen LogP contribution in [0.2, 0.25) is 5.02 Å². The Bertz CT molecular complexity index is 718. The molecule has 5 nitrogen and oxygen atoms in total. The van der Waals surface area contributed by atoms with Crippen molar-refractivity contribution in [2.75, 3.05) is 0 Å². The van der Waals surface area contributed by atoms with Gasteiger partial charge in [0.2, 0.25) is 5.91 Å². The van der Waals surface area contributed by atoms with Crippen molar-refractivity contribution in [1.29, 1.82) is 0 Å². The van der Waals surface area contributed by atoms with E-state index in [1.165, 1.54) is 12.1 Å². The number of amides is 1. The molecule has 2 atom stereocenters. The van der Waals surface area contributed by atoms with Crippen molar-refractivity contribution in [1.82, 2.24) is 20.4 Å². The second kappa shape index (κ2) is 6.68. The summed E-state index contributed by atoms with van der Waals surface area (Å²) in [5.41, 5.74) is 1.45. The lowest BCUT2D eigenvalue weighted by Crippen LogP contribution is -2.48. The maximum Gasteiger partial charge on any atom is 0.220 e. The van der Waals surface area contributed by atoms with Gasteiger partial charge in [-0.2, -0.15) is 5.10 Å². The van der Waals surface area contributed by atoms with Crippen LogP contribution in [0.4, 0.5) is 4.39 Å². The van der Waals surface area contributed by atoms with Crippen molar-refractivity contribution in [3.05, 3.63) is 52.6 Å². The van der Waals surface area contributed by atoms with Gasteiger partial charge in [-0.25, -0.2) is 4.39 Å². The Morgan fingerprint density at radius 1 is 1.52 bits per heavy atom. The van der Waals surface area contributed by atoms with Gasteiger partial charge in [0.15, 0.2) is 0 Å².